The fourth-order valence-corrected chi connectivity index (χ4v) is 3.06. The molecule has 1 heterocycles. The molecule has 5 heteroatoms. The summed E-state index contributed by atoms with van der Waals surface area (Å²) in [5, 5.41) is 0. The van der Waals surface area contributed by atoms with Crippen molar-refractivity contribution in [2.45, 2.75) is 18.7 Å². The Kier molecular flexibility index (Phi) is 6.16. The molecular weight excluding hydrogens is 286 g/mol. The number of rotatable bonds is 6. The largest absolute Gasteiger partial charge is 0.397 e. The van der Waals surface area contributed by atoms with Crippen LogP contribution in [0.5, 0.6) is 0 Å². The van der Waals surface area contributed by atoms with Gasteiger partial charge >= 0.3 is 0 Å². The zero-order valence-electron chi connectivity index (χ0n) is 9.74. The molecule has 0 fully saturated rings. The Balaban J connectivity index is 2.48. The quantitative estimate of drug-likeness (QED) is 0.821. The van der Waals surface area contributed by atoms with Crippen molar-refractivity contribution in [3.05, 3.63) is 16.9 Å². The van der Waals surface area contributed by atoms with Gasteiger partial charge in [-0.15, -0.1) is 11.8 Å². The molecular formula is C11H18BrN3S. The van der Waals surface area contributed by atoms with Gasteiger partial charge in [-0.25, -0.2) is 0 Å². The van der Waals surface area contributed by atoms with E-state index in [1.54, 1.807) is 24.2 Å². The van der Waals surface area contributed by atoms with Crippen LogP contribution in [-0.4, -0.2) is 35.3 Å². The van der Waals surface area contributed by atoms with Gasteiger partial charge in [0.15, 0.2) is 0 Å². The van der Waals surface area contributed by atoms with Crippen molar-refractivity contribution in [1.29, 1.82) is 0 Å². The van der Waals surface area contributed by atoms with Gasteiger partial charge in [0.05, 0.1) is 16.4 Å². The molecule has 0 bridgehead atoms. The van der Waals surface area contributed by atoms with Crippen LogP contribution in [0.2, 0.25) is 0 Å². The average Bonchev–Trinajstić information content (AvgIpc) is 2.28. The molecule has 2 N–H and O–H groups in total. The first-order chi connectivity index (χ1) is 7.69. The molecule has 3 nitrogen and oxygen atoms in total. The monoisotopic (exact) mass is 303 g/mol. The van der Waals surface area contributed by atoms with Crippen LogP contribution in [0.15, 0.2) is 21.8 Å². The number of nitrogens with two attached hydrogens (primary N) is 1. The van der Waals surface area contributed by atoms with E-state index in [9.17, 15) is 0 Å². The van der Waals surface area contributed by atoms with E-state index in [1.807, 2.05) is 0 Å². The summed E-state index contributed by atoms with van der Waals surface area (Å²) < 4.78 is 0.983. The lowest BCUT2D eigenvalue weighted by atomic mass is 10.4. The van der Waals surface area contributed by atoms with Crippen molar-refractivity contribution in [1.82, 2.24) is 9.88 Å². The number of nitrogen functional groups attached to an aromatic ring is 1. The lowest BCUT2D eigenvalue weighted by Crippen LogP contribution is -2.25. The van der Waals surface area contributed by atoms with Crippen LogP contribution in [-0.2, 0) is 0 Å². The van der Waals surface area contributed by atoms with E-state index >= 15 is 0 Å². The van der Waals surface area contributed by atoms with Gasteiger partial charge in [-0.05, 0) is 29.0 Å². The lowest BCUT2D eigenvalue weighted by molar-refractivity contribution is 0.324. The van der Waals surface area contributed by atoms with Gasteiger partial charge in [0.2, 0.25) is 0 Å². The van der Waals surface area contributed by atoms with Gasteiger partial charge in [0.1, 0.15) is 0 Å². The van der Waals surface area contributed by atoms with Crippen LogP contribution >= 0.6 is 27.7 Å². The first kappa shape index (κ1) is 13.8. The molecule has 0 aliphatic rings. The zero-order chi connectivity index (χ0) is 12.0. The number of nitrogens with zero attached hydrogens (tertiary/aromatic N) is 2. The summed E-state index contributed by atoms with van der Waals surface area (Å²) in [4.78, 5) is 7.52. The first-order valence-electron chi connectivity index (χ1n) is 5.43. The highest BCUT2D eigenvalue weighted by atomic mass is 79.9. The minimum atomic E-state index is 0.749. The molecule has 0 aliphatic carbocycles. The highest BCUT2D eigenvalue weighted by Crippen LogP contribution is 2.31. The van der Waals surface area contributed by atoms with E-state index in [1.165, 1.54) is 0 Å². The van der Waals surface area contributed by atoms with Crippen molar-refractivity contribution >= 4 is 33.4 Å². The predicted molar refractivity (Wildman–Crippen MR) is 74.9 cm³/mol. The zero-order valence-corrected chi connectivity index (χ0v) is 12.1. The van der Waals surface area contributed by atoms with Gasteiger partial charge in [0.25, 0.3) is 0 Å². The van der Waals surface area contributed by atoms with E-state index in [-0.39, 0.29) is 0 Å². The van der Waals surface area contributed by atoms with Gasteiger partial charge in [0, 0.05) is 23.4 Å². The fraction of sp³-hybridized carbons (Fsp3) is 0.545. The highest BCUT2D eigenvalue weighted by Gasteiger charge is 2.06. The van der Waals surface area contributed by atoms with Crippen molar-refractivity contribution < 1.29 is 0 Å². The Morgan fingerprint density at radius 3 is 2.62 bits per heavy atom. The maximum absolute atomic E-state index is 5.88. The minimum absolute atomic E-state index is 0.749. The second-order valence-electron chi connectivity index (χ2n) is 3.42. The second-order valence-corrected chi connectivity index (χ2v) is 5.37. The van der Waals surface area contributed by atoms with E-state index in [0.717, 1.165) is 40.4 Å². The molecule has 0 spiro atoms. The third-order valence-electron chi connectivity index (χ3n) is 2.43. The van der Waals surface area contributed by atoms with Gasteiger partial charge in [-0.2, -0.15) is 0 Å². The maximum atomic E-state index is 5.88. The molecule has 1 rings (SSSR count). The highest BCUT2D eigenvalue weighted by molar-refractivity contribution is 9.10. The number of pyridine rings is 1. The molecule has 0 aliphatic heterocycles. The molecule has 0 aromatic carbocycles. The SMILES string of the molecule is CCN(CC)CCSc1c(N)cncc1Br. The van der Waals surface area contributed by atoms with Crippen LogP contribution in [0, 0.1) is 0 Å². The Morgan fingerprint density at radius 2 is 2.06 bits per heavy atom. The number of hydrogen-bond acceptors (Lipinski definition) is 4. The summed E-state index contributed by atoms with van der Waals surface area (Å²) in [5.74, 6) is 1.05. The maximum Gasteiger partial charge on any atom is 0.0650 e. The van der Waals surface area contributed by atoms with Crippen LogP contribution in [0.25, 0.3) is 0 Å². The van der Waals surface area contributed by atoms with Crippen molar-refractivity contribution in [3.8, 4) is 0 Å². The number of aromatic nitrogens is 1. The lowest BCUT2D eigenvalue weighted by Gasteiger charge is -2.17. The molecule has 0 atom stereocenters. The third kappa shape index (κ3) is 3.96. The standard InChI is InChI=1S/C11H18BrN3S/c1-3-15(4-2)5-6-16-11-9(12)7-14-8-10(11)13/h7-8H,3-6,13H2,1-2H3. The normalized spacial score (nSPS) is 11.0. The summed E-state index contributed by atoms with van der Waals surface area (Å²) in [7, 11) is 0. The molecule has 0 radical (unpaired) electrons. The average molecular weight is 304 g/mol. The van der Waals surface area contributed by atoms with Gasteiger partial charge < -0.3 is 10.6 Å². The molecule has 90 valence electrons. The number of hydrogen-bond donors (Lipinski definition) is 1. The van der Waals surface area contributed by atoms with E-state index in [0.29, 0.717) is 0 Å². The minimum Gasteiger partial charge on any atom is -0.397 e. The van der Waals surface area contributed by atoms with E-state index in [4.69, 9.17) is 5.73 Å². The Morgan fingerprint density at radius 1 is 1.38 bits per heavy atom. The number of anilines is 1. The van der Waals surface area contributed by atoms with Gasteiger partial charge in [-0.1, -0.05) is 13.8 Å². The Hall–Kier alpha value is -0.260. The third-order valence-corrected chi connectivity index (χ3v) is 4.42. The number of halogens is 1. The van der Waals surface area contributed by atoms with Crippen molar-refractivity contribution in [2.75, 3.05) is 31.1 Å². The van der Waals surface area contributed by atoms with Gasteiger partial charge in [-0.3, -0.25) is 4.98 Å². The molecule has 0 amide bonds. The van der Waals surface area contributed by atoms with Crippen LogP contribution in [0.4, 0.5) is 5.69 Å². The Bertz CT molecular complexity index is 309. The summed E-state index contributed by atoms with van der Waals surface area (Å²) >= 11 is 5.25. The first-order valence-corrected chi connectivity index (χ1v) is 7.21. The Labute approximate surface area is 110 Å². The van der Waals surface area contributed by atoms with Crippen molar-refractivity contribution in [2.24, 2.45) is 0 Å². The molecule has 16 heavy (non-hydrogen) atoms. The van der Waals surface area contributed by atoms with Crippen LogP contribution in [0.1, 0.15) is 13.8 Å². The van der Waals surface area contributed by atoms with Crippen molar-refractivity contribution in [3.63, 3.8) is 0 Å². The summed E-state index contributed by atoms with van der Waals surface area (Å²) in [6.45, 7) is 7.66. The van der Waals surface area contributed by atoms with Crippen LogP contribution < -0.4 is 5.73 Å². The summed E-state index contributed by atoms with van der Waals surface area (Å²) in [5.41, 5.74) is 6.63. The second kappa shape index (κ2) is 7.14. The summed E-state index contributed by atoms with van der Waals surface area (Å²) in [6, 6.07) is 0. The fourth-order valence-electron chi connectivity index (χ4n) is 1.41. The molecule has 0 saturated carbocycles. The number of thioether (sulfide) groups is 1. The predicted octanol–water partition coefficient (Wildman–Crippen LogP) is 2.86. The molecule has 0 unspecified atom stereocenters. The van der Waals surface area contributed by atoms with E-state index < -0.39 is 0 Å². The van der Waals surface area contributed by atoms with E-state index in [2.05, 4.69) is 39.7 Å². The smallest absolute Gasteiger partial charge is 0.0650 e. The molecule has 0 saturated heterocycles. The molecule has 1 aromatic rings. The van der Waals surface area contributed by atoms with Crippen LogP contribution in [0.3, 0.4) is 0 Å². The topological polar surface area (TPSA) is 42.1 Å². The summed E-state index contributed by atoms with van der Waals surface area (Å²) in [6.07, 6.45) is 3.49. The molecule has 1 aromatic heterocycles.